The van der Waals surface area contributed by atoms with Gasteiger partial charge in [-0.15, -0.1) is 11.3 Å². The fourth-order valence-corrected chi connectivity index (χ4v) is 2.89. The molecule has 0 atom stereocenters. The first-order valence-corrected chi connectivity index (χ1v) is 6.91. The van der Waals surface area contributed by atoms with Crippen molar-refractivity contribution in [3.8, 4) is 6.07 Å². The Morgan fingerprint density at radius 2 is 1.86 bits per heavy atom. The van der Waals surface area contributed by atoms with Crippen LogP contribution in [0.15, 0.2) is 24.3 Å². The van der Waals surface area contributed by atoms with Crippen molar-refractivity contribution in [1.82, 2.24) is 0 Å². The van der Waals surface area contributed by atoms with Gasteiger partial charge in [0.15, 0.2) is 0 Å². The topological polar surface area (TPSA) is 90.2 Å². The Morgan fingerprint density at radius 3 is 2.43 bits per heavy atom. The van der Waals surface area contributed by atoms with Crippen molar-refractivity contribution in [3.63, 3.8) is 0 Å². The molecule has 0 spiro atoms. The molecule has 0 saturated carbocycles. The van der Waals surface area contributed by atoms with E-state index in [1.807, 2.05) is 13.8 Å². The third-order valence-corrected chi connectivity index (χ3v) is 4.25. The van der Waals surface area contributed by atoms with Crippen molar-refractivity contribution in [3.05, 3.63) is 51.4 Å². The minimum atomic E-state index is -1.17. The minimum Gasteiger partial charge on any atom is -0.478 e. The molecule has 1 aromatic carbocycles. The SMILES string of the molecule is Cc1sc(NC(=O)c2ccccc2C(=O)O)c(C#N)c1C. The van der Waals surface area contributed by atoms with Crippen LogP contribution in [0.25, 0.3) is 0 Å². The maximum atomic E-state index is 12.3. The summed E-state index contributed by atoms with van der Waals surface area (Å²) in [5.41, 5.74) is 1.24. The second-order valence-electron chi connectivity index (χ2n) is 4.40. The highest BCUT2D eigenvalue weighted by Gasteiger charge is 2.19. The zero-order chi connectivity index (χ0) is 15.6. The fourth-order valence-electron chi connectivity index (χ4n) is 1.89. The summed E-state index contributed by atoms with van der Waals surface area (Å²) >= 11 is 1.30. The van der Waals surface area contributed by atoms with E-state index in [-0.39, 0.29) is 11.1 Å². The number of hydrogen-bond donors (Lipinski definition) is 2. The molecule has 0 fully saturated rings. The smallest absolute Gasteiger partial charge is 0.336 e. The van der Waals surface area contributed by atoms with Gasteiger partial charge in [0.05, 0.1) is 16.7 Å². The van der Waals surface area contributed by atoms with Gasteiger partial charge in [0.1, 0.15) is 11.1 Å². The number of carbonyl (C=O) groups is 2. The number of anilines is 1. The van der Waals surface area contributed by atoms with Gasteiger partial charge in [0.25, 0.3) is 5.91 Å². The lowest BCUT2D eigenvalue weighted by Gasteiger charge is -2.06. The molecular weight excluding hydrogens is 288 g/mol. The minimum absolute atomic E-state index is 0.0672. The predicted molar refractivity (Wildman–Crippen MR) is 79.9 cm³/mol. The van der Waals surface area contributed by atoms with Crippen molar-refractivity contribution in [2.24, 2.45) is 0 Å². The predicted octanol–water partition coefficient (Wildman–Crippen LogP) is 3.19. The summed E-state index contributed by atoms with van der Waals surface area (Å²) in [5, 5.41) is 21.3. The van der Waals surface area contributed by atoms with Crippen LogP contribution in [0, 0.1) is 25.2 Å². The molecule has 1 amide bonds. The van der Waals surface area contributed by atoms with Crippen LogP contribution in [0.1, 0.15) is 36.7 Å². The molecule has 0 aliphatic carbocycles. The van der Waals surface area contributed by atoms with Gasteiger partial charge in [-0.3, -0.25) is 4.79 Å². The zero-order valence-electron chi connectivity index (χ0n) is 11.4. The van der Waals surface area contributed by atoms with Crippen LogP contribution in [-0.2, 0) is 0 Å². The van der Waals surface area contributed by atoms with Crippen LogP contribution in [0.5, 0.6) is 0 Å². The number of carboxylic acid groups (broad SMARTS) is 1. The number of hydrogen-bond acceptors (Lipinski definition) is 4. The summed E-state index contributed by atoms with van der Waals surface area (Å²) in [7, 11) is 0. The number of benzene rings is 1. The summed E-state index contributed by atoms with van der Waals surface area (Å²) in [4.78, 5) is 24.3. The Morgan fingerprint density at radius 1 is 1.24 bits per heavy atom. The number of aryl methyl sites for hydroxylation is 1. The summed E-state index contributed by atoms with van der Waals surface area (Å²) in [6.45, 7) is 3.67. The molecule has 106 valence electrons. The van der Waals surface area contributed by atoms with Gasteiger partial charge in [-0.1, -0.05) is 12.1 Å². The van der Waals surface area contributed by atoms with Gasteiger partial charge in [0, 0.05) is 4.88 Å². The lowest BCUT2D eigenvalue weighted by molar-refractivity contribution is 0.0692. The maximum Gasteiger partial charge on any atom is 0.336 e. The summed E-state index contributed by atoms with van der Waals surface area (Å²) in [6, 6.07) is 8.02. The number of nitrogens with zero attached hydrogens (tertiary/aromatic N) is 1. The molecule has 1 heterocycles. The number of rotatable bonds is 3. The monoisotopic (exact) mass is 300 g/mol. The second-order valence-corrected chi connectivity index (χ2v) is 5.63. The number of carboxylic acids is 1. The first-order valence-electron chi connectivity index (χ1n) is 6.09. The number of aromatic carboxylic acids is 1. The highest BCUT2D eigenvalue weighted by atomic mass is 32.1. The van der Waals surface area contributed by atoms with Crippen LogP contribution in [0.4, 0.5) is 5.00 Å². The normalized spacial score (nSPS) is 9.95. The Balaban J connectivity index is 2.38. The van der Waals surface area contributed by atoms with Gasteiger partial charge in [-0.25, -0.2) is 4.79 Å². The Kier molecular flexibility index (Phi) is 4.05. The van der Waals surface area contributed by atoms with Gasteiger partial charge in [-0.05, 0) is 31.5 Å². The van der Waals surface area contributed by atoms with Crippen LogP contribution in [0.3, 0.4) is 0 Å². The maximum absolute atomic E-state index is 12.3. The standard InChI is InChI=1S/C15H12N2O3S/c1-8-9(2)21-14(12(8)7-16)17-13(18)10-5-3-4-6-11(10)15(19)20/h3-6H,1-2H3,(H,17,18)(H,19,20). The Bertz CT molecular complexity index is 772. The first-order chi connectivity index (χ1) is 9.95. The molecule has 2 aromatic rings. The molecule has 6 heteroatoms. The Labute approximate surface area is 125 Å². The molecular formula is C15H12N2O3S. The molecule has 0 aliphatic heterocycles. The number of carbonyl (C=O) groups excluding carboxylic acids is 1. The van der Waals surface area contributed by atoms with E-state index in [9.17, 15) is 9.59 Å². The first kappa shape index (κ1) is 14.8. The molecule has 0 unspecified atom stereocenters. The van der Waals surface area contributed by atoms with Crippen LogP contribution in [0.2, 0.25) is 0 Å². The van der Waals surface area contributed by atoms with E-state index in [2.05, 4.69) is 11.4 Å². The third kappa shape index (κ3) is 2.78. The molecule has 0 radical (unpaired) electrons. The van der Waals surface area contributed by atoms with Gasteiger partial charge < -0.3 is 10.4 Å². The van der Waals surface area contributed by atoms with E-state index < -0.39 is 11.9 Å². The average Bonchev–Trinajstić information content (AvgIpc) is 2.73. The molecule has 5 nitrogen and oxygen atoms in total. The highest BCUT2D eigenvalue weighted by molar-refractivity contribution is 7.16. The molecule has 1 aromatic heterocycles. The van der Waals surface area contributed by atoms with Gasteiger partial charge in [-0.2, -0.15) is 5.26 Å². The number of nitriles is 1. The molecule has 2 N–H and O–H groups in total. The van der Waals surface area contributed by atoms with Crippen molar-refractivity contribution in [1.29, 1.82) is 5.26 Å². The van der Waals surface area contributed by atoms with Crippen molar-refractivity contribution in [2.75, 3.05) is 5.32 Å². The molecule has 0 bridgehead atoms. The van der Waals surface area contributed by atoms with E-state index >= 15 is 0 Å². The summed E-state index contributed by atoms with van der Waals surface area (Å²) < 4.78 is 0. The highest BCUT2D eigenvalue weighted by Crippen LogP contribution is 2.32. The number of thiophene rings is 1. The quantitative estimate of drug-likeness (QED) is 0.910. The van der Waals surface area contributed by atoms with E-state index in [4.69, 9.17) is 10.4 Å². The van der Waals surface area contributed by atoms with Crippen molar-refractivity contribution >= 4 is 28.2 Å². The fraction of sp³-hybridized carbons (Fsp3) is 0.133. The van der Waals surface area contributed by atoms with E-state index in [1.54, 1.807) is 12.1 Å². The average molecular weight is 300 g/mol. The van der Waals surface area contributed by atoms with Gasteiger partial charge >= 0.3 is 5.97 Å². The lowest BCUT2D eigenvalue weighted by Crippen LogP contribution is -2.16. The number of nitrogens with one attached hydrogen (secondary N) is 1. The molecule has 2 rings (SSSR count). The number of amides is 1. The summed E-state index contributed by atoms with van der Waals surface area (Å²) in [6.07, 6.45) is 0. The third-order valence-electron chi connectivity index (χ3n) is 3.13. The Hall–Kier alpha value is -2.65. The molecule has 0 saturated heterocycles. The molecule has 21 heavy (non-hydrogen) atoms. The molecule has 0 aliphatic rings. The van der Waals surface area contributed by atoms with E-state index in [0.29, 0.717) is 10.6 Å². The van der Waals surface area contributed by atoms with E-state index in [1.165, 1.54) is 23.5 Å². The van der Waals surface area contributed by atoms with Crippen molar-refractivity contribution < 1.29 is 14.7 Å². The van der Waals surface area contributed by atoms with Crippen LogP contribution in [-0.4, -0.2) is 17.0 Å². The zero-order valence-corrected chi connectivity index (χ0v) is 12.2. The van der Waals surface area contributed by atoms with Crippen molar-refractivity contribution in [2.45, 2.75) is 13.8 Å². The second kappa shape index (κ2) is 5.77. The summed E-state index contributed by atoms with van der Waals surface area (Å²) in [5.74, 6) is -1.70. The largest absolute Gasteiger partial charge is 0.478 e. The van der Waals surface area contributed by atoms with E-state index in [0.717, 1.165) is 10.4 Å². The lowest BCUT2D eigenvalue weighted by atomic mass is 10.1. The van der Waals surface area contributed by atoms with Crippen LogP contribution >= 0.6 is 11.3 Å². The van der Waals surface area contributed by atoms with Crippen LogP contribution < -0.4 is 5.32 Å². The van der Waals surface area contributed by atoms with Gasteiger partial charge in [0.2, 0.25) is 0 Å².